The summed E-state index contributed by atoms with van der Waals surface area (Å²) < 4.78 is 28.4. The molecule has 0 bridgehead atoms. The van der Waals surface area contributed by atoms with E-state index in [0.717, 1.165) is 32.2 Å². The minimum absolute atomic E-state index is 0.00523. The number of imidazole rings is 1. The van der Waals surface area contributed by atoms with Crippen molar-refractivity contribution in [2.24, 2.45) is 7.05 Å². The molecule has 1 aromatic rings. The minimum Gasteiger partial charge on any atom is -0.340 e. The number of amides is 1. The van der Waals surface area contributed by atoms with Crippen LogP contribution in [0.15, 0.2) is 11.2 Å². The highest BCUT2D eigenvalue weighted by molar-refractivity contribution is 7.89. The number of aryl methyl sites for hydroxylation is 2. The van der Waals surface area contributed by atoms with Crippen molar-refractivity contribution in [2.45, 2.75) is 57.0 Å². The van der Waals surface area contributed by atoms with Crippen molar-refractivity contribution < 1.29 is 13.2 Å². The summed E-state index contributed by atoms with van der Waals surface area (Å²) >= 11 is 0. The van der Waals surface area contributed by atoms with Gasteiger partial charge in [0.15, 0.2) is 5.03 Å². The topological polar surface area (TPSA) is 84.3 Å². The minimum atomic E-state index is -3.66. The molecule has 0 saturated carbocycles. The Morgan fingerprint density at radius 2 is 2.17 bits per heavy atom. The van der Waals surface area contributed by atoms with Crippen molar-refractivity contribution in [3.8, 4) is 0 Å². The lowest BCUT2D eigenvalue weighted by Crippen LogP contribution is -2.44. The normalized spacial score (nSPS) is 19.1. The van der Waals surface area contributed by atoms with Crippen LogP contribution in [0.1, 0.15) is 44.9 Å². The Bertz CT molecular complexity index is 634. The van der Waals surface area contributed by atoms with Crippen LogP contribution in [0, 0.1) is 6.92 Å². The fraction of sp³-hybridized carbons (Fsp3) is 0.733. The second kappa shape index (κ2) is 7.44. The number of hydrogen-bond donors (Lipinski definition) is 1. The van der Waals surface area contributed by atoms with Gasteiger partial charge in [-0.3, -0.25) is 4.79 Å². The molecule has 130 valence electrons. The maximum atomic E-state index is 12.3. The number of carbonyl (C=O) groups excluding carboxylic acids is 1. The number of nitrogens with one attached hydrogen (secondary N) is 1. The molecule has 1 fully saturated rings. The molecule has 1 N–H and O–H groups in total. The standard InChI is InChI=1S/C15H26N4O3S/c1-4-13-7-5-6-10-19(13)15(20)8-9-16-23(21,22)14-11-18(3)12(2)17-14/h11,13,16H,4-10H2,1-3H3/t13-/m0/s1. The average molecular weight is 342 g/mol. The van der Waals surface area contributed by atoms with Gasteiger partial charge in [-0.15, -0.1) is 0 Å². The molecular formula is C15H26N4O3S. The Morgan fingerprint density at radius 3 is 2.78 bits per heavy atom. The zero-order valence-electron chi connectivity index (χ0n) is 14.1. The van der Waals surface area contributed by atoms with Crippen LogP contribution in [0.25, 0.3) is 0 Å². The van der Waals surface area contributed by atoms with Gasteiger partial charge in [0.05, 0.1) is 0 Å². The summed E-state index contributed by atoms with van der Waals surface area (Å²) in [4.78, 5) is 18.2. The third-order valence-corrected chi connectivity index (χ3v) is 5.74. The first-order valence-corrected chi connectivity index (χ1v) is 9.62. The number of nitrogens with zero attached hydrogens (tertiary/aromatic N) is 3. The van der Waals surface area contributed by atoms with Crippen molar-refractivity contribution in [1.82, 2.24) is 19.2 Å². The monoisotopic (exact) mass is 342 g/mol. The fourth-order valence-corrected chi connectivity index (χ4v) is 3.99. The van der Waals surface area contributed by atoms with Crippen molar-refractivity contribution in [2.75, 3.05) is 13.1 Å². The molecule has 23 heavy (non-hydrogen) atoms. The molecule has 7 nitrogen and oxygen atoms in total. The van der Waals surface area contributed by atoms with Gasteiger partial charge in [-0.1, -0.05) is 6.92 Å². The zero-order chi connectivity index (χ0) is 17.0. The van der Waals surface area contributed by atoms with Crippen molar-refractivity contribution >= 4 is 15.9 Å². The van der Waals surface area contributed by atoms with Crippen LogP contribution in [0.2, 0.25) is 0 Å². The van der Waals surface area contributed by atoms with Crippen molar-refractivity contribution in [1.29, 1.82) is 0 Å². The average Bonchev–Trinajstić information content (AvgIpc) is 2.87. The van der Waals surface area contributed by atoms with Crippen LogP contribution in [0.3, 0.4) is 0 Å². The zero-order valence-corrected chi connectivity index (χ0v) is 14.9. The molecule has 1 aromatic heterocycles. The summed E-state index contributed by atoms with van der Waals surface area (Å²) in [6.45, 7) is 4.71. The van der Waals surface area contributed by atoms with Gasteiger partial charge in [-0.25, -0.2) is 18.1 Å². The number of piperidine rings is 1. The van der Waals surface area contributed by atoms with E-state index in [2.05, 4.69) is 16.6 Å². The first-order chi connectivity index (χ1) is 10.8. The second-order valence-electron chi connectivity index (χ2n) is 6.03. The molecule has 2 rings (SSSR count). The lowest BCUT2D eigenvalue weighted by molar-refractivity contribution is -0.134. The second-order valence-corrected chi connectivity index (χ2v) is 7.74. The molecule has 1 atom stereocenters. The van der Waals surface area contributed by atoms with Crippen LogP contribution in [0.5, 0.6) is 0 Å². The van der Waals surface area contributed by atoms with Crippen LogP contribution in [-0.2, 0) is 21.9 Å². The van der Waals surface area contributed by atoms with E-state index >= 15 is 0 Å². The molecule has 0 aromatic carbocycles. The van der Waals surface area contributed by atoms with Gasteiger partial charge >= 0.3 is 0 Å². The molecule has 0 unspecified atom stereocenters. The van der Waals surface area contributed by atoms with E-state index in [-0.39, 0.29) is 23.9 Å². The molecule has 1 saturated heterocycles. The highest BCUT2D eigenvalue weighted by Crippen LogP contribution is 2.20. The summed E-state index contributed by atoms with van der Waals surface area (Å²) in [5.41, 5.74) is 0. The van der Waals surface area contributed by atoms with Gasteiger partial charge in [0.2, 0.25) is 5.91 Å². The van der Waals surface area contributed by atoms with Crippen LogP contribution < -0.4 is 4.72 Å². The SMILES string of the molecule is CC[C@H]1CCCCN1C(=O)CCNS(=O)(=O)c1cn(C)c(C)n1. The van der Waals surface area contributed by atoms with Gasteiger partial charge in [0.25, 0.3) is 10.0 Å². The van der Waals surface area contributed by atoms with E-state index in [1.165, 1.54) is 6.20 Å². The summed E-state index contributed by atoms with van der Waals surface area (Å²) in [5.74, 6) is 0.650. The Labute approximate surface area is 138 Å². The lowest BCUT2D eigenvalue weighted by atomic mass is 9.99. The van der Waals surface area contributed by atoms with Crippen LogP contribution in [0.4, 0.5) is 0 Å². The highest BCUT2D eigenvalue weighted by atomic mass is 32.2. The Hall–Kier alpha value is -1.41. The van der Waals surface area contributed by atoms with E-state index in [4.69, 9.17) is 0 Å². The molecule has 0 radical (unpaired) electrons. The smallest absolute Gasteiger partial charge is 0.259 e. The van der Waals surface area contributed by atoms with E-state index in [1.54, 1.807) is 18.5 Å². The fourth-order valence-electron chi connectivity index (χ4n) is 2.92. The van der Waals surface area contributed by atoms with E-state index in [1.807, 2.05) is 4.90 Å². The molecular weight excluding hydrogens is 316 g/mol. The quantitative estimate of drug-likeness (QED) is 0.841. The first-order valence-electron chi connectivity index (χ1n) is 8.14. The van der Waals surface area contributed by atoms with Gasteiger partial charge in [0, 0.05) is 38.8 Å². The number of sulfonamides is 1. The molecule has 2 heterocycles. The summed E-state index contributed by atoms with van der Waals surface area (Å²) in [7, 11) is -1.92. The third-order valence-electron chi connectivity index (χ3n) is 4.41. The third kappa shape index (κ3) is 4.32. The molecule has 1 aliphatic rings. The largest absolute Gasteiger partial charge is 0.340 e. The number of hydrogen-bond acceptors (Lipinski definition) is 4. The van der Waals surface area contributed by atoms with Crippen LogP contribution >= 0.6 is 0 Å². The first kappa shape index (κ1) is 17.9. The predicted molar refractivity (Wildman–Crippen MR) is 87.4 cm³/mol. The molecule has 0 spiro atoms. The molecule has 1 amide bonds. The Morgan fingerprint density at radius 1 is 1.43 bits per heavy atom. The van der Waals surface area contributed by atoms with Gasteiger partial charge < -0.3 is 9.47 Å². The maximum Gasteiger partial charge on any atom is 0.259 e. The van der Waals surface area contributed by atoms with Gasteiger partial charge in [-0.2, -0.15) is 0 Å². The van der Waals surface area contributed by atoms with Crippen molar-refractivity contribution in [3.63, 3.8) is 0 Å². The van der Waals surface area contributed by atoms with Gasteiger partial charge in [-0.05, 0) is 32.6 Å². The molecule has 8 heteroatoms. The number of rotatable bonds is 6. The summed E-state index contributed by atoms with van der Waals surface area (Å²) in [6.07, 6.45) is 5.83. The Kier molecular flexibility index (Phi) is 5.80. The molecule has 0 aliphatic carbocycles. The highest BCUT2D eigenvalue weighted by Gasteiger charge is 2.25. The number of carbonyl (C=O) groups is 1. The predicted octanol–water partition coefficient (Wildman–Crippen LogP) is 1.19. The van der Waals surface area contributed by atoms with E-state index in [0.29, 0.717) is 11.9 Å². The van der Waals surface area contributed by atoms with E-state index in [9.17, 15) is 13.2 Å². The number of aromatic nitrogens is 2. The Balaban J connectivity index is 1.89. The number of likely N-dealkylation sites (tertiary alicyclic amines) is 1. The molecule has 1 aliphatic heterocycles. The summed E-state index contributed by atoms with van der Waals surface area (Å²) in [6, 6.07) is 0.297. The summed E-state index contributed by atoms with van der Waals surface area (Å²) in [5, 5.41) is -0.00523. The van der Waals surface area contributed by atoms with E-state index < -0.39 is 10.0 Å². The van der Waals surface area contributed by atoms with Gasteiger partial charge in [0.1, 0.15) is 5.82 Å². The lowest BCUT2D eigenvalue weighted by Gasteiger charge is -2.35. The van der Waals surface area contributed by atoms with Crippen LogP contribution in [-0.4, -0.2) is 47.9 Å². The van der Waals surface area contributed by atoms with Crippen molar-refractivity contribution in [3.05, 3.63) is 12.0 Å². The maximum absolute atomic E-state index is 12.3.